The zero-order valence-electron chi connectivity index (χ0n) is 12.9. The molecule has 5 heteroatoms. The van der Waals surface area contributed by atoms with Gasteiger partial charge in [-0.25, -0.2) is 9.18 Å². The molecule has 2 N–H and O–H groups in total. The van der Waals surface area contributed by atoms with Crippen LogP contribution in [-0.2, 0) is 4.74 Å². The van der Waals surface area contributed by atoms with Crippen LogP contribution in [0.5, 0.6) is 0 Å². The number of nitrogens with two attached hydrogens (primary N) is 1. The molecule has 4 nitrogen and oxygen atoms in total. The Hall–Kier alpha value is -1.78. The normalized spacial score (nSPS) is 14.3. The van der Waals surface area contributed by atoms with E-state index in [0.29, 0.717) is 17.6 Å². The number of nitrogens with zero attached hydrogens (tertiary/aromatic N) is 1. The van der Waals surface area contributed by atoms with E-state index in [1.807, 2.05) is 0 Å². The van der Waals surface area contributed by atoms with Gasteiger partial charge in [-0.3, -0.25) is 0 Å². The second kappa shape index (κ2) is 6.33. The van der Waals surface area contributed by atoms with Gasteiger partial charge in [0.15, 0.2) is 0 Å². The second-order valence-corrected chi connectivity index (χ2v) is 5.99. The van der Waals surface area contributed by atoms with Crippen LogP contribution in [0.4, 0.5) is 15.8 Å². The number of methoxy groups -OCH3 is 1. The molecule has 0 aliphatic heterocycles. The molecule has 1 aromatic carbocycles. The van der Waals surface area contributed by atoms with E-state index in [2.05, 4.69) is 18.7 Å². The summed E-state index contributed by atoms with van der Waals surface area (Å²) in [5.41, 5.74) is 6.51. The number of carbonyl (C=O) groups is 1. The molecule has 0 radical (unpaired) electrons. The molecule has 1 aliphatic carbocycles. The molecule has 0 saturated heterocycles. The van der Waals surface area contributed by atoms with Gasteiger partial charge in [0.05, 0.1) is 18.4 Å². The van der Waals surface area contributed by atoms with Crippen molar-refractivity contribution in [3.63, 3.8) is 0 Å². The fourth-order valence-electron chi connectivity index (χ4n) is 2.37. The Balaban J connectivity index is 2.32. The van der Waals surface area contributed by atoms with E-state index in [1.54, 1.807) is 0 Å². The molecule has 116 valence electrons. The lowest BCUT2D eigenvalue weighted by atomic mass is 10.1. The first-order valence-electron chi connectivity index (χ1n) is 7.38. The number of hydrogen-bond acceptors (Lipinski definition) is 4. The molecule has 1 aromatic rings. The van der Waals surface area contributed by atoms with Crippen LogP contribution in [-0.4, -0.2) is 25.7 Å². The van der Waals surface area contributed by atoms with Crippen LogP contribution < -0.4 is 10.6 Å². The average Bonchev–Trinajstić information content (AvgIpc) is 3.24. The smallest absolute Gasteiger partial charge is 0.340 e. The minimum atomic E-state index is -0.534. The Morgan fingerprint density at radius 3 is 2.67 bits per heavy atom. The third kappa shape index (κ3) is 3.65. The lowest BCUT2D eigenvalue weighted by Crippen LogP contribution is -2.29. The minimum Gasteiger partial charge on any atom is -0.465 e. The molecule has 1 aliphatic rings. The Morgan fingerprint density at radius 2 is 2.14 bits per heavy atom. The van der Waals surface area contributed by atoms with Gasteiger partial charge in [0.2, 0.25) is 0 Å². The molecule has 0 unspecified atom stereocenters. The zero-order valence-corrected chi connectivity index (χ0v) is 12.9. The van der Waals surface area contributed by atoms with Gasteiger partial charge in [0, 0.05) is 18.3 Å². The molecule has 0 spiro atoms. The third-order valence-corrected chi connectivity index (χ3v) is 3.77. The largest absolute Gasteiger partial charge is 0.465 e. The van der Waals surface area contributed by atoms with Gasteiger partial charge in [0.1, 0.15) is 5.82 Å². The highest BCUT2D eigenvalue weighted by atomic mass is 19.1. The standard InChI is InChI=1S/C16H23FN2O2/c1-10(2)6-7-19(11-4-5-11)15-8-12(16(20)21-3)14(18)9-13(15)17/h8-11H,4-7,18H2,1-3H3. The van der Waals surface area contributed by atoms with Crippen molar-refractivity contribution in [1.29, 1.82) is 0 Å². The van der Waals surface area contributed by atoms with Crippen LogP contribution >= 0.6 is 0 Å². The van der Waals surface area contributed by atoms with Gasteiger partial charge < -0.3 is 15.4 Å². The summed E-state index contributed by atoms with van der Waals surface area (Å²) in [6.07, 6.45) is 3.11. The first-order valence-corrected chi connectivity index (χ1v) is 7.38. The van der Waals surface area contributed by atoms with Crippen LogP contribution in [0, 0.1) is 11.7 Å². The predicted octanol–water partition coefficient (Wildman–Crippen LogP) is 3.21. The molecular formula is C16H23FN2O2. The molecule has 21 heavy (non-hydrogen) atoms. The molecule has 0 bridgehead atoms. The number of ether oxygens (including phenoxy) is 1. The maximum atomic E-state index is 14.3. The van der Waals surface area contributed by atoms with Crippen molar-refractivity contribution < 1.29 is 13.9 Å². The molecule has 0 heterocycles. The summed E-state index contributed by atoms with van der Waals surface area (Å²) in [6.45, 7) is 5.07. The first-order chi connectivity index (χ1) is 9.93. The maximum Gasteiger partial charge on any atom is 0.340 e. The number of carbonyl (C=O) groups excluding carboxylic acids is 1. The predicted molar refractivity (Wildman–Crippen MR) is 82.0 cm³/mol. The van der Waals surface area contributed by atoms with Gasteiger partial charge in [0.25, 0.3) is 0 Å². The van der Waals surface area contributed by atoms with Crippen molar-refractivity contribution in [3.8, 4) is 0 Å². The average molecular weight is 294 g/mol. The Bertz CT molecular complexity index is 527. The van der Waals surface area contributed by atoms with Gasteiger partial charge >= 0.3 is 5.97 Å². The quantitative estimate of drug-likeness (QED) is 0.646. The monoisotopic (exact) mass is 294 g/mol. The number of anilines is 2. The van der Waals surface area contributed by atoms with Gasteiger partial charge in [-0.1, -0.05) is 13.8 Å². The third-order valence-electron chi connectivity index (χ3n) is 3.77. The van der Waals surface area contributed by atoms with Crippen molar-refractivity contribution in [2.24, 2.45) is 5.92 Å². The molecular weight excluding hydrogens is 271 g/mol. The summed E-state index contributed by atoms with van der Waals surface area (Å²) in [7, 11) is 1.29. The van der Waals surface area contributed by atoms with Gasteiger partial charge in [-0.2, -0.15) is 0 Å². The summed E-state index contributed by atoms with van der Waals surface area (Å²) in [5.74, 6) is -0.368. The van der Waals surface area contributed by atoms with Gasteiger partial charge in [-0.05, 0) is 37.3 Å². The van der Waals surface area contributed by atoms with Crippen LogP contribution in [0.15, 0.2) is 12.1 Å². The number of rotatable bonds is 6. The van der Waals surface area contributed by atoms with Gasteiger partial charge in [-0.15, -0.1) is 0 Å². The van der Waals surface area contributed by atoms with Crippen LogP contribution in [0.25, 0.3) is 0 Å². The Labute approximate surface area is 125 Å². The van der Waals surface area contributed by atoms with Crippen molar-refractivity contribution in [2.75, 3.05) is 24.3 Å². The lowest BCUT2D eigenvalue weighted by Gasteiger charge is -2.26. The van der Waals surface area contributed by atoms with Crippen molar-refractivity contribution >= 4 is 17.3 Å². The molecule has 0 amide bonds. The minimum absolute atomic E-state index is 0.114. The molecule has 1 saturated carbocycles. The first kappa shape index (κ1) is 15.6. The lowest BCUT2D eigenvalue weighted by molar-refractivity contribution is 0.0602. The Kier molecular flexibility index (Phi) is 4.70. The number of hydrogen-bond donors (Lipinski definition) is 1. The van der Waals surface area contributed by atoms with Crippen molar-refractivity contribution in [2.45, 2.75) is 39.2 Å². The SMILES string of the molecule is COC(=O)c1cc(N(CCC(C)C)C2CC2)c(F)cc1N. The van der Waals surface area contributed by atoms with Crippen LogP contribution in [0.3, 0.4) is 0 Å². The number of benzene rings is 1. The molecule has 0 atom stereocenters. The topological polar surface area (TPSA) is 55.6 Å². The number of esters is 1. The highest BCUT2D eigenvalue weighted by Crippen LogP contribution is 2.35. The summed E-state index contributed by atoms with van der Waals surface area (Å²) < 4.78 is 19.0. The molecule has 1 fully saturated rings. The van der Waals surface area contributed by atoms with E-state index < -0.39 is 5.97 Å². The summed E-state index contributed by atoms with van der Waals surface area (Å²) in [6, 6.07) is 3.11. The van der Waals surface area contributed by atoms with E-state index in [1.165, 1.54) is 19.2 Å². The number of nitrogen functional groups attached to an aromatic ring is 1. The van der Waals surface area contributed by atoms with Crippen LogP contribution in [0.1, 0.15) is 43.5 Å². The highest BCUT2D eigenvalue weighted by Gasteiger charge is 2.31. The number of halogens is 1. The van der Waals surface area contributed by atoms with Crippen molar-refractivity contribution in [3.05, 3.63) is 23.5 Å². The summed E-state index contributed by atoms with van der Waals surface area (Å²) >= 11 is 0. The molecule has 0 aromatic heterocycles. The van der Waals surface area contributed by atoms with E-state index in [4.69, 9.17) is 10.5 Å². The summed E-state index contributed by atoms with van der Waals surface area (Å²) in [5, 5.41) is 0. The fourth-order valence-corrected chi connectivity index (χ4v) is 2.37. The fraction of sp³-hybridized carbons (Fsp3) is 0.562. The van der Waals surface area contributed by atoms with E-state index in [0.717, 1.165) is 25.8 Å². The summed E-state index contributed by atoms with van der Waals surface area (Å²) in [4.78, 5) is 13.8. The van der Waals surface area contributed by atoms with Crippen molar-refractivity contribution in [1.82, 2.24) is 0 Å². The second-order valence-electron chi connectivity index (χ2n) is 5.99. The van der Waals surface area contributed by atoms with E-state index in [9.17, 15) is 9.18 Å². The molecule has 2 rings (SSSR count). The highest BCUT2D eigenvalue weighted by molar-refractivity contribution is 5.96. The van der Waals surface area contributed by atoms with E-state index >= 15 is 0 Å². The van der Waals surface area contributed by atoms with E-state index in [-0.39, 0.29) is 17.1 Å². The zero-order chi connectivity index (χ0) is 15.6. The maximum absolute atomic E-state index is 14.3. The van der Waals surface area contributed by atoms with Crippen LogP contribution in [0.2, 0.25) is 0 Å². The Morgan fingerprint density at radius 1 is 1.48 bits per heavy atom.